The number of hydrogen-bond acceptors (Lipinski definition) is 5. The number of rotatable bonds is 7. The van der Waals surface area contributed by atoms with Crippen LogP contribution in [0.3, 0.4) is 0 Å². The Balaban J connectivity index is 1.96. The number of nitrogens with one attached hydrogen (secondary N) is 1. The lowest BCUT2D eigenvalue weighted by Gasteiger charge is -2.07. The van der Waals surface area contributed by atoms with Gasteiger partial charge in [0.15, 0.2) is 0 Å². The molecule has 2 aromatic rings. The first-order valence-corrected chi connectivity index (χ1v) is 7.18. The molecule has 0 aliphatic rings. The molecule has 100 valence electrons. The molecule has 2 rings (SSSR count). The van der Waals surface area contributed by atoms with Crippen LogP contribution in [0.5, 0.6) is 5.75 Å². The molecule has 5 heteroatoms. The first-order chi connectivity index (χ1) is 9.40. The van der Waals surface area contributed by atoms with Crippen LogP contribution in [0.25, 0.3) is 0 Å². The van der Waals surface area contributed by atoms with Crippen molar-refractivity contribution in [3.05, 3.63) is 41.4 Å². The number of ether oxygens (including phenoxy) is 1. The summed E-state index contributed by atoms with van der Waals surface area (Å²) in [4.78, 5) is 4.09. The molecule has 0 unspecified atom stereocenters. The van der Waals surface area contributed by atoms with Gasteiger partial charge in [-0.05, 0) is 18.6 Å². The molecule has 1 N–H and O–H groups in total. The van der Waals surface area contributed by atoms with E-state index in [0.29, 0.717) is 0 Å². The fourth-order valence-electron chi connectivity index (χ4n) is 1.48. The molecule has 1 aromatic carbocycles. The van der Waals surface area contributed by atoms with Crippen molar-refractivity contribution < 1.29 is 4.74 Å². The zero-order valence-electron chi connectivity index (χ0n) is 10.9. The average molecular weight is 275 g/mol. The van der Waals surface area contributed by atoms with E-state index >= 15 is 0 Å². The molecule has 0 saturated heterocycles. The molecule has 0 fully saturated rings. The molecule has 0 amide bonds. The Morgan fingerprint density at radius 3 is 3.11 bits per heavy atom. The van der Waals surface area contributed by atoms with E-state index in [1.165, 1.54) is 11.3 Å². The summed E-state index contributed by atoms with van der Waals surface area (Å²) in [5, 5.41) is 6.85. The highest BCUT2D eigenvalue weighted by Crippen LogP contribution is 2.16. The lowest BCUT2D eigenvalue weighted by Crippen LogP contribution is -2.00. The van der Waals surface area contributed by atoms with Gasteiger partial charge in [0.25, 0.3) is 0 Å². The van der Waals surface area contributed by atoms with E-state index in [9.17, 15) is 0 Å². The van der Waals surface area contributed by atoms with Crippen molar-refractivity contribution in [3.8, 4) is 5.75 Å². The molecule has 0 atom stereocenters. The summed E-state index contributed by atoms with van der Waals surface area (Å²) < 4.78 is 5.73. The van der Waals surface area contributed by atoms with Crippen LogP contribution >= 0.6 is 11.3 Å². The second-order valence-corrected chi connectivity index (χ2v) is 4.84. The summed E-state index contributed by atoms with van der Waals surface area (Å²) in [6, 6.07) is 7.87. The topological polar surface area (TPSA) is 46.5 Å². The Bertz CT molecular complexity index is 511. The Morgan fingerprint density at radius 1 is 1.42 bits per heavy atom. The van der Waals surface area contributed by atoms with Gasteiger partial charge in [0, 0.05) is 17.1 Å². The SMILES string of the molecule is CCCCOc1ccccc1/C=N/Nc1nccs1. The summed E-state index contributed by atoms with van der Waals surface area (Å²) in [6.45, 7) is 2.88. The third-order valence-electron chi connectivity index (χ3n) is 2.47. The van der Waals surface area contributed by atoms with Crippen molar-refractivity contribution in [1.82, 2.24) is 4.98 Å². The summed E-state index contributed by atoms with van der Waals surface area (Å²) in [7, 11) is 0. The van der Waals surface area contributed by atoms with Gasteiger partial charge in [-0.1, -0.05) is 25.5 Å². The first-order valence-electron chi connectivity index (χ1n) is 6.30. The molecule has 0 aliphatic heterocycles. The van der Waals surface area contributed by atoms with Crippen LogP contribution in [0.15, 0.2) is 40.9 Å². The summed E-state index contributed by atoms with van der Waals surface area (Å²) in [5.41, 5.74) is 3.85. The predicted molar refractivity (Wildman–Crippen MR) is 80.2 cm³/mol. The molecule has 4 nitrogen and oxygen atoms in total. The average Bonchev–Trinajstić information content (AvgIpc) is 2.94. The number of nitrogens with zero attached hydrogens (tertiary/aromatic N) is 2. The number of para-hydroxylation sites is 1. The van der Waals surface area contributed by atoms with E-state index in [1.54, 1.807) is 12.4 Å². The molecule has 0 spiro atoms. The van der Waals surface area contributed by atoms with E-state index in [0.717, 1.165) is 35.9 Å². The van der Waals surface area contributed by atoms with E-state index in [2.05, 4.69) is 22.4 Å². The smallest absolute Gasteiger partial charge is 0.203 e. The van der Waals surface area contributed by atoms with Crippen molar-refractivity contribution in [2.75, 3.05) is 12.0 Å². The quantitative estimate of drug-likeness (QED) is 0.475. The number of hydrogen-bond donors (Lipinski definition) is 1. The first kappa shape index (κ1) is 13.5. The highest BCUT2D eigenvalue weighted by Gasteiger charge is 2.00. The Kier molecular flexibility index (Phi) is 5.37. The van der Waals surface area contributed by atoms with Crippen molar-refractivity contribution in [2.45, 2.75) is 19.8 Å². The standard InChI is InChI=1S/C14H17N3OS/c1-2-3-9-18-13-7-5-4-6-12(13)11-16-17-14-15-8-10-19-14/h4-8,10-11H,2-3,9H2,1H3,(H,15,17)/b16-11+. The van der Waals surface area contributed by atoms with E-state index in [1.807, 2.05) is 29.6 Å². The van der Waals surface area contributed by atoms with Crippen LogP contribution in [0.4, 0.5) is 5.13 Å². The van der Waals surface area contributed by atoms with Gasteiger partial charge in [-0.15, -0.1) is 11.3 Å². The highest BCUT2D eigenvalue weighted by molar-refractivity contribution is 7.13. The monoisotopic (exact) mass is 275 g/mol. The molecule has 0 saturated carbocycles. The Morgan fingerprint density at radius 2 is 2.32 bits per heavy atom. The van der Waals surface area contributed by atoms with Gasteiger partial charge in [0.05, 0.1) is 12.8 Å². The molecule has 19 heavy (non-hydrogen) atoms. The van der Waals surface area contributed by atoms with Crippen LogP contribution in [0.2, 0.25) is 0 Å². The normalized spacial score (nSPS) is 10.8. The Hall–Kier alpha value is -1.88. The maximum absolute atomic E-state index is 5.73. The summed E-state index contributed by atoms with van der Waals surface area (Å²) >= 11 is 1.51. The molecule has 1 aromatic heterocycles. The van der Waals surface area contributed by atoms with Gasteiger partial charge in [0.2, 0.25) is 5.13 Å². The second kappa shape index (κ2) is 7.53. The third-order valence-corrected chi connectivity index (χ3v) is 3.15. The molecule has 0 aliphatic carbocycles. The number of anilines is 1. The number of hydrazone groups is 1. The fraction of sp³-hybridized carbons (Fsp3) is 0.286. The number of thiazole rings is 1. The van der Waals surface area contributed by atoms with E-state index in [4.69, 9.17) is 4.74 Å². The number of unbranched alkanes of at least 4 members (excludes halogenated alkanes) is 1. The zero-order valence-corrected chi connectivity index (χ0v) is 11.7. The Labute approximate surface area is 117 Å². The maximum atomic E-state index is 5.73. The van der Waals surface area contributed by atoms with Crippen LogP contribution in [-0.4, -0.2) is 17.8 Å². The van der Waals surface area contributed by atoms with Crippen LogP contribution in [0.1, 0.15) is 25.3 Å². The predicted octanol–water partition coefficient (Wildman–Crippen LogP) is 3.77. The van der Waals surface area contributed by atoms with Crippen LogP contribution in [0, 0.1) is 0 Å². The summed E-state index contributed by atoms with van der Waals surface area (Å²) in [6.07, 6.45) is 5.68. The van der Waals surface area contributed by atoms with Crippen molar-refractivity contribution >= 4 is 22.7 Å². The summed E-state index contributed by atoms with van der Waals surface area (Å²) in [5.74, 6) is 0.862. The molecule has 0 radical (unpaired) electrons. The lowest BCUT2D eigenvalue weighted by molar-refractivity contribution is 0.309. The highest BCUT2D eigenvalue weighted by atomic mass is 32.1. The molecular formula is C14H17N3OS. The van der Waals surface area contributed by atoms with Crippen LogP contribution < -0.4 is 10.2 Å². The lowest BCUT2D eigenvalue weighted by atomic mass is 10.2. The third kappa shape index (κ3) is 4.37. The van der Waals surface area contributed by atoms with E-state index < -0.39 is 0 Å². The fourth-order valence-corrected chi connectivity index (χ4v) is 1.96. The number of benzene rings is 1. The van der Waals surface area contributed by atoms with Gasteiger partial charge < -0.3 is 4.74 Å². The van der Waals surface area contributed by atoms with Crippen molar-refractivity contribution in [2.24, 2.45) is 5.10 Å². The van der Waals surface area contributed by atoms with Crippen molar-refractivity contribution in [3.63, 3.8) is 0 Å². The minimum Gasteiger partial charge on any atom is -0.493 e. The van der Waals surface area contributed by atoms with Crippen LogP contribution in [-0.2, 0) is 0 Å². The minimum atomic E-state index is 0.737. The molecule has 0 bridgehead atoms. The van der Waals surface area contributed by atoms with Gasteiger partial charge in [0.1, 0.15) is 5.75 Å². The maximum Gasteiger partial charge on any atom is 0.203 e. The molecular weight excluding hydrogens is 258 g/mol. The van der Waals surface area contributed by atoms with Gasteiger partial charge >= 0.3 is 0 Å². The van der Waals surface area contributed by atoms with Crippen molar-refractivity contribution in [1.29, 1.82) is 0 Å². The van der Waals surface area contributed by atoms with E-state index in [-0.39, 0.29) is 0 Å². The number of aromatic nitrogens is 1. The zero-order chi connectivity index (χ0) is 13.3. The second-order valence-electron chi connectivity index (χ2n) is 3.95. The van der Waals surface area contributed by atoms with Gasteiger partial charge in [-0.2, -0.15) is 5.10 Å². The van der Waals surface area contributed by atoms with Gasteiger partial charge in [-0.3, -0.25) is 5.43 Å². The van der Waals surface area contributed by atoms with Gasteiger partial charge in [-0.25, -0.2) is 4.98 Å². The minimum absolute atomic E-state index is 0.737. The molecule has 1 heterocycles. The largest absolute Gasteiger partial charge is 0.493 e.